The molecular weight excluding hydrogens is 438 g/mol. The molecule has 1 atom stereocenters. The van der Waals surface area contributed by atoms with Crippen LogP contribution in [0.25, 0.3) is 16.6 Å². The van der Waals surface area contributed by atoms with Gasteiger partial charge in [0.25, 0.3) is 11.5 Å². The van der Waals surface area contributed by atoms with E-state index in [4.69, 9.17) is 9.72 Å². The minimum Gasteiger partial charge on any atom is -0.495 e. The Labute approximate surface area is 205 Å². The number of hydrogen-bond donors (Lipinski definition) is 0. The fraction of sp³-hybridized carbons (Fsp3) is 0.276. The lowest BCUT2D eigenvalue weighted by Crippen LogP contribution is -2.39. The van der Waals surface area contributed by atoms with Gasteiger partial charge in [-0.15, -0.1) is 0 Å². The Bertz CT molecular complexity index is 1390. The van der Waals surface area contributed by atoms with Crippen molar-refractivity contribution in [3.63, 3.8) is 0 Å². The van der Waals surface area contributed by atoms with Gasteiger partial charge in [0, 0.05) is 12.1 Å². The summed E-state index contributed by atoms with van der Waals surface area (Å²) in [5.41, 5.74) is 2.74. The van der Waals surface area contributed by atoms with Crippen molar-refractivity contribution in [2.24, 2.45) is 0 Å². The van der Waals surface area contributed by atoms with Gasteiger partial charge in [-0.25, -0.2) is 4.98 Å². The number of aryl methyl sites for hydroxylation is 1. The monoisotopic (exact) mass is 469 g/mol. The number of ether oxygens (including phenoxy) is 1. The molecule has 1 aromatic heterocycles. The van der Waals surface area contributed by atoms with Crippen LogP contribution in [0.4, 0.5) is 0 Å². The molecule has 0 aliphatic carbocycles. The van der Waals surface area contributed by atoms with E-state index in [1.54, 1.807) is 17.7 Å². The number of carbonyl (C=O) groups excluding carboxylic acids is 1. The van der Waals surface area contributed by atoms with Crippen LogP contribution in [0.3, 0.4) is 0 Å². The van der Waals surface area contributed by atoms with Gasteiger partial charge in [0.1, 0.15) is 11.6 Å². The average molecular weight is 470 g/mol. The fourth-order valence-corrected chi connectivity index (χ4v) is 4.46. The maximum atomic E-state index is 13.9. The molecule has 0 aliphatic rings. The predicted octanol–water partition coefficient (Wildman–Crippen LogP) is 5.71. The number of fused-ring (bicyclic) bond motifs is 1. The minimum atomic E-state index is -0.411. The number of carbonyl (C=O) groups is 1. The molecule has 0 bridgehead atoms. The Kier molecular flexibility index (Phi) is 7.30. The molecule has 3 aromatic carbocycles. The molecule has 35 heavy (non-hydrogen) atoms. The van der Waals surface area contributed by atoms with Gasteiger partial charge in [-0.05, 0) is 56.2 Å². The molecule has 1 heterocycles. The smallest absolute Gasteiger partial charge is 0.266 e. The van der Waals surface area contributed by atoms with Crippen LogP contribution in [0.15, 0.2) is 77.6 Å². The molecule has 6 heteroatoms. The summed E-state index contributed by atoms with van der Waals surface area (Å²) in [6.07, 6.45) is 1.37. The quantitative estimate of drug-likeness (QED) is 0.332. The van der Waals surface area contributed by atoms with E-state index < -0.39 is 6.04 Å². The molecule has 1 unspecified atom stereocenters. The summed E-state index contributed by atoms with van der Waals surface area (Å²) in [4.78, 5) is 34.4. The molecule has 0 radical (unpaired) electrons. The molecule has 0 saturated heterocycles. The Morgan fingerprint density at radius 1 is 1.00 bits per heavy atom. The summed E-state index contributed by atoms with van der Waals surface area (Å²) in [6, 6.07) is 21.9. The Balaban J connectivity index is 1.97. The molecule has 4 aromatic rings. The molecular formula is C29H31N3O3. The predicted molar refractivity (Wildman–Crippen MR) is 139 cm³/mol. The lowest BCUT2D eigenvalue weighted by Gasteiger charge is -2.32. The first-order valence-electron chi connectivity index (χ1n) is 12.0. The summed E-state index contributed by atoms with van der Waals surface area (Å²) in [6.45, 7) is 6.60. The van der Waals surface area contributed by atoms with E-state index in [-0.39, 0.29) is 11.5 Å². The van der Waals surface area contributed by atoms with E-state index in [1.165, 1.54) is 0 Å². The zero-order chi connectivity index (χ0) is 24.9. The van der Waals surface area contributed by atoms with E-state index in [0.717, 1.165) is 12.0 Å². The van der Waals surface area contributed by atoms with Crippen molar-refractivity contribution in [2.45, 2.75) is 39.7 Å². The molecule has 0 saturated carbocycles. The average Bonchev–Trinajstić information content (AvgIpc) is 2.89. The molecule has 0 aliphatic heterocycles. The van der Waals surface area contributed by atoms with Crippen LogP contribution in [-0.4, -0.2) is 34.0 Å². The van der Waals surface area contributed by atoms with Crippen LogP contribution in [0.5, 0.6) is 5.75 Å². The fourth-order valence-electron chi connectivity index (χ4n) is 4.46. The van der Waals surface area contributed by atoms with Crippen molar-refractivity contribution >= 4 is 16.8 Å². The normalized spacial score (nSPS) is 11.9. The summed E-state index contributed by atoms with van der Waals surface area (Å²) < 4.78 is 7.21. The van der Waals surface area contributed by atoms with E-state index in [9.17, 15) is 9.59 Å². The van der Waals surface area contributed by atoms with Crippen molar-refractivity contribution in [3.05, 3.63) is 100 Å². The van der Waals surface area contributed by atoms with Crippen molar-refractivity contribution in [2.75, 3.05) is 13.7 Å². The Morgan fingerprint density at radius 2 is 1.69 bits per heavy atom. The molecule has 4 rings (SSSR count). The first-order chi connectivity index (χ1) is 17.0. The number of amides is 1. The van der Waals surface area contributed by atoms with Gasteiger partial charge in [-0.3, -0.25) is 14.2 Å². The highest BCUT2D eigenvalue weighted by Gasteiger charge is 2.30. The topological polar surface area (TPSA) is 64.4 Å². The third-order valence-electron chi connectivity index (χ3n) is 6.21. The van der Waals surface area contributed by atoms with Crippen molar-refractivity contribution in [3.8, 4) is 11.4 Å². The molecule has 0 N–H and O–H groups in total. The van der Waals surface area contributed by atoms with Crippen LogP contribution in [0.2, 0.25) is 0 Å². The van der Waals surface area contributed by atoms with Gasteiger partial charge in [0.05, 0.1) is 29.7 Å². The first kappa shape index (κ1) is 24.2. The second-order valence-corrected chi connectivity index (χ2v) is 8.59. The van der Waals surface area contributed by atoms with Crippen LogP contribution >= 0.6 is 0 Å². The molecule has 6 nitrogen and oxygen atoms in total. The largest absolute Gasteiger partial charge is 0.495 e. The van der Waals surface area contributed by atoms with E-state index >= 15 is 0 Å². The van der Waals surface area contributed by atoms with Gasteiger partial charge < -0.3 is 9.64 Å². The number of methoxy groups -OCH3 is 1. The van der Waals surface area contributed by atoms with Gasteiger partial charge in [0.2, 0.25) is 0 Å². The Hall–Kier alpha value is -3.93. The number of hydrogen-bond acceptors (Lipinski definition) is 4. The zero-order valence-electron chi connectivity index (χ0n) is 20.7. The summed E-state index contributed by atoms with van der Waals surface area (Å²) in [5, 5.41) is 0.518. The molecule has 1 amide bonds. The van der Waals surface area contributed by atoms with E-state index in [1.807, 2.05) is 92.4 Å². The van der Waals surface area contributed by atoms with Gasteiger partial charge in [-0.2, -0.15) is 0 Å². The highest BCUT2D eigenvalue weighted by atomic mass is 16.5. The van der Waals surface area contributed by atoms with Crippen LogP contribution in [-0.2, 0) is 0 Å². The number of rotatable bonds is 8. The lowest BCUT2D eigenvalue weighted by atomic mass is 10.1. The molecule has 0 spiro atoms. The van der Waals surface area contributed by atoms with Crippen LogP contribution in [0.1, 0.15) is 54.5 Å². The standard InChI is InChI=1S/C29H31N3O3/c1-5-19-31(28(33)21-17-15-20(3)16-18-21)24(6-2)27-30-23-12-8-7-11-22(23)29(34)32(27)25-13-9-10-14-26(25)35-4/h7-18,24H,5-6,19H2,1-4H3. The maximum Gasteiger partial charge on any atom is 0.266 e. The number of nitrogens with zero attached hydrogens (tertiary/aromatic N) is 3. The van der Waals surface area contributed by atoms with E-state index in [0.29, 0.717) is 46.7 Å². The molecule has 180 valence electrons. The third kappa shape index (κ3) is 4.69. The maximum absolute atomic E-state index is 13.9. The SMILES string of the molecule is CCCN(C(=O)c1ccc(C)cc1)C(CC)c1nc2ccccc2c(=O)n1-c1ccccc1OC. The lowest BCUT2D eigenvalue weighted by molar-refractivity contribution is 0.0659. The number of para-hydroxylation sites is 3. The van der Waals surface area contributed by atoms with Crippen LogP contribution < -0.4 is 10.3 Å². The summed E-state index contributed by atoms with van der Waals surface area (Å²) in [7, 11) is 1.58. The van der Waals surface area contributed by atoms with E-state index in [2.05, 4.69) is 0 Å². The van der Waals surface area contributed by atoms with Crippen molar-refractivity contribution in [1.82, 2.24) is 14.5 Å². The molecule has 0 fully saturated rings. The number of benzene rings is 3. The third-order valence-corrected chi connectivity index (χ3v) is 6.21. The summed E-state index contributed by atoms with van der Waals surface area (Å²) in [5.74, 6) is 1.01. The second-order valence-electron chi connectivity index (χ2n) is 8.59. The van der Waals surface area contributed by atoms with Crippen molar-refractivity contribution in [1.29, 1.82) is 0 Å². The van der Waals surface area contributed by atoms with Crippen molar-refractivity contribution < 1.29 is 9.53 Å². The highest BCUT2D eigenvalue weighted by molar-refractivity contribution is 5.94. The Morgan fingerprint density at radius 3 is 2.37 bits per heavy atom. The highest BCUT2D eigenvalue weighted by Crippen LogP contribution is 2.30. The van der Waals surface area contributed by atoms with Gasteiger partial charge >= 0.3 is 0 Å². The van der Waals surface area contributed by atoms with Gasteiger partial charge in [0.15, 0.2) is 0 Å². The van der Waals surface area contributed by atoms with Gasteiger partial charge in [-0.1, -0.05) is 55.8 Å². The zero-order valence-corrected chi connectivity index (χ0v) is 20.7. The second kappa shape index (κ2) is 10.6. The number of aromatic nitrogens is 2. The van der Waals surface area contributed by atoms with Crippen LogP contribution in [0, 0.1) is 6.92 Å². The summed E-state index contributed by atoms with van der Waals surface area (Å²) >= 11 is 0. The first-order valence-corrected chi connectivity index (χ1v) is 12.0. The minimum absolute atomic E-state index is 0.0762.